The Kier molecular flexibility index (Phi) is 8.01. The number of carbonyl (C=O) groups excluding carboxylic acids is 2. The van der Waals surface area contributed by atoms with Crippen LogP contribution in [0.5, 0.6) is 0 Å². The first-order valence-corrected chi connectivity index (χ1v) is 9.12. The summed E-state index contributed by atoms with van der Waals surface area (Å²) in [4.78, 5) is 26.2. The Morgan fingerprint density at radius 3 is 2.11 bits per heavy atom. The van der Waals surface area contributed by atoms with E-state index in [9.17, 15) is 9.59 Å². The molecule has 0 heterocycles. The van der Waals surface area contributed by atoms with Gasteiger partial charge in [-0.1, -0.05) is 60.7 Å². The Bertz CT molecular complexity index is 718. The van der Waals surface area contributed by atoms with Gasteiger partial charge in [0, 0.05) is 19.4 Å². The van der Waals surface area contributed by atoms with Gasteiger partial charge in [0.2, 0.25) is 0 Å². The average Bonchev–Trinajstić information content (AvgIpc) is 2.66. The van der Waals surface area contributed by atoms with Gasteiger partial charge in [-0.25, -0.2) is 0 Å². The molecule has 0 N–H and O–H groups in total. The van der Waals surface area contributed by atoms with Gasteiger partial charge in [0.25, 0.3) is 0 Å². The maximum absolute atomic E-state index is 12.8. The molecule has 0 saturated heterocycles. The molecule has 0 aliphatic rings. The van der Waals surface area contributed by atoms with Gasteiger partial charge in [0.15, 0.2) is 0 Å². The highest BCUT2D eigenvalue weighted by molar-refractivity contribution is 5.77. The van der Waals surface area contributed by atoms with Crippen LogP contribution in [0, 0.1) is 0 Å². The molecular weight excluding hydrogens is 342 g/mol. The van der Waals surface area contributed by atoms with Crippen molar-refractivity contribution in [3.05, 3.63) is 71.8 Å². The van der Waals surface area contributed by atoms with Crippen molar-refractivity contribution in [2.75, 3.05) is 20.3 Å². The van der Waals surface area contributed by atoms with Crippen molar-refractivity contribution in [1.82, 2.24) is 4.90 Å². The molecule has 0 fully saturated rings. The minimum atomic E-state index is -0.577. The minimum Gasteiger partial charge on any atom is -0.465 e. The Labute approximate surface area is 160 Å². The Hall–Kier alpha value is -2.66. The molecule has 2 atom stereocenters. The van der Waals surface area contributed by atoms with Gasteiger partial charge in [-0.3, -0.25) is 14.5 Å². The van der Waals surface area contributed by atoms with Crippen LogP contribution in [-0.2, 0) is 25.6 Å². The minimum absolute atomic E-state index is 0.113. The topological polar surface area (TPSA) is 55.8 Å². The third-order valence-corrected chi connectivity index (χ3v) is 4.35. The maximum Gasteiger partial charge on any atom is 0.324 e. The largest absolute Gasteiger partial charge is 0.465 e. The van der Waals surface area contributed by atoms with Crippen LogP contribution >= 0.6 is 0 Å². The van der Waals surface area contributed by atoms with E-state index < -0.39 is 6.04 Å². The number of nitrogens with zero attached hydrogens (tertiary/aromatic N) is 1. The molecule has 0 saturated carbocycles. The molecular formula is C22H27NO4. The molecule has 0 amide bonds. The SMILES string of the molecule is CCOC(=O)[C@@H]([C@@H](COC(C)=O)c1ccccc1)N(C)Cc1ccccc1. The van der Waals surface area contributed by atoms with E-state index in [1.165, 1.54) is 6.92 Å². The number of hydrogen-bond donors (Lipinski definition) is 0. The number of rotatable bonds is 9. The summed E-state index contributed by atoms with van der Waals surface area (Å²) < 4.78 is 10.6. The van der Waals surface area contributed by atoms with E-state index in [1.807, 2.05) is 72.6 Å². The number of hydrogen-bond acceptors (Lipinski definition) is 5. The van der Waals surface area contributed by atoms with Crippen molar-refractivity contribution < 1.29 is 19.1 Å². The van der Waals surface area contributed by atoms with Crippen molar-refractivity contribution in [3.8, 4) is 0 Å². The molecule has 2 aromatic carbocycles. The van der Waals surface area contributed by atoms with E-state index in [2.05, 4.69) is 0 Å². The first-order chi connectivity index (χ1) is 13.0. The highest BCUT2D eigenvalue weighted by atomic mass is 16.5. The van der Waals surface area contributed by atoms with Crippen molar-refractivity contribution >= 4 is 11.9 Å². The third-order valence-electron chi connectivity index (χ3n) is 4.35. The van der Waals surface area contributed by atoms with Crippen molar-refractivity contribution in [2.45, 2.75) is 32.4 Å². The molecule has 0 bridgehead atoms. The summed E-state index contributed by atoms with van der Waals surface area (Å²) >= 11 is 0. The quantitative estimate of drug-likeness (QED) is 0.634. The van der Waals surface area contributed by atoms with Crippen LogP contribution in [0.15, 0.2) is 60.7 Å². The van der Waals surface area contributed by atoms with Crippen LogP contribution < -0.4 is 0 Å². The lowest BCUT2D eigenvalue weighted by Crippen LogP contribution is -2.45. The molecule has 5 nitrogen and oxygen atoms in total. The molecule has 0 aliphatic carbocycles. The summed E-state index contributed by atoms with van der Waals surface area (Å²) in [5, 5.41) is 0. The summed E-state index contributed by atoms with van der Waals surface area (Å²) in [6.07, 6.45) is 0. The summed E-state index contributed by atoms with van der Waals surface area (Å²) in [6, 6.07) is 19.0. The predicted molar refractivity (Wildman–Crippen MR) is 104 cm³/mol. The molecule has 0 aromatic heterocycles. The molecule has 27 heavy (non-hydrogen) atoms. The van der Waals surface area contributed by atoms with Gasteiger partial charge >= 0.3 is 11.9 Å². The molecule has 0 aliphatic heterocycles. The van der Waals surface area contributed by atoms with Crippen LogP contribution in [-0.4, -0.2) is 43.1 Å². The van der Waals surface area contributed by atoms with E-state index in [-0.39, 0.29) is 24.5 Å². The lowest BCUT2D eigenvalue weighted by Gasteiger charge is -2.33. The van der Waals surface area contributed by atoms with Crippen LogP contribution in [0.25, 0.3) is 0 Å². The van der Waals surface area contributed by atoms with Crippen LogP contribution in [0.2, 0.25) is 0 Å². The van der Waals surface area contributed by atoms with Crippen molar-refractivity contribution in [1.29, 1.82) is 0 Å². The second-order valence-electron chi connectivity index (χ2n) is 6.42. The number of ether oxygens (including phenoxy) is 2. The standard InChI is InChI=1S/C22H27NO4/c1-4-26-22(25)21(23(3)15-18-11-7-5-8-12-18)20(16-27-17(2)24)19-13-9-6-10-14-19/h5-14,20-21H,4,15-16H2,1-3H3/t20-,21+/m0/s1. The van der Waals surface area contributed by atoms with E-state index >= 15 is 0 Å². The second kappa shape index (κ2) is 10.5. The fourth-order valence-corrected chi connectivity index (χ4v) is 3.13. The average molecular weight is 369 g/mol. The Balaban J connectivity index is 2.34. The number of benzene rings is 2. The zero-order valence-corrected chi connectivity index (χ0v) is 16.1. The van der Waals surface area contributed by atoms with E-state index in [1.54, 1.807) is 6.92 Å². The van der Waals surface area contributed by atoms with Gasteiger partial charge in [0.05, 0.1) is 6.61 Å². The second-order valence-corrected chi connectivity index (χ2v) is 6.42. The lowest BCUT2D eigenvalue weighted by molar-refractivity contribution is -0.153. The highest BCUT2D eigenvalue weighted by Crippen LogP contribution is 2.26. The smallest absolute Gasteiger partial charge is 0.324 e. The van der Waals surface area contributed by atoms with Crippen molar-refractivity contribution in [2.24, 2.45) is 0 Å². The summed E-state index contributed by atoms with van der Waals surface area (Å²) in [5.41, 5.74) is 2.02. The zero-order chi connectivity index (χ0) is 19.6. The van der Waals surface area contributed by atoms with Gasteiger partial charge in [-0.2, -0.15) is 0 Å². The van der Waals surface area contributed by atoms with Gasteiger partial charge in [-0.15, -0.1) is 0 Å². The molecule has 0 unspecified atom stereocenters. The highest BCUT2D eigenvalue weighted by Gasteiger charge is 2.35. The van der Waals surface area contributed by atoms with E-state index in [0.29, 0.717) is 13.2 Å². The maximum atomic E-state index is 12.8. The predicted octanol–water partition coefficient (Wildman–Crippen LogP) is 3.40. The summed E-state index contributed by atoms with van der Waals surface area (Å²) in [5.74, 6) is -1.02. The van der Waals surface area contributed by atoms with E-state index in [0.717, 1.165) is 11.1 Å². The molecule has 2 aromatic rings. The van der Waals surface area contributed by atoms with Gasteiger partial charge in [-0.05, 0) is 25.1 Å². The number of esters is 2. The Morgan fingerprint density at radius 2 is 1.56 bits per heavy atom. The number of carbonyl (C=O) groups is 2. The third kappa shape index (κ3) is 6.22. The monoisotopic (exact) mass is 369 g/mol. The normalized spacial score (nSPS) is 13.0. The van der Waals surface area contributed by atoms with Crippen LogP contribution in [0.3, 0.4) is 0 Å². The fraction of sp³-hybridized carbons (Fsp3) is 0.364. The zero-order valence-electron chi connectivity index (χ0n) is 16.1. The van der Waals surface area contributed by atoms with Gasteiger partial charge < -0.3 is 9.47 Å². The lowest BCUT2D eigenvalue weighted by atomic mass is 9.90. The fourth-order valence-electron chi connectivity index (χ4n) is 3.13. The number of likely N-dealkylation sites (N-methyl/N-ethyl adjacent to an activating group) is 1. The first-order valence-electron chi connectivity index (χ1n) is 9.12. The molecule has 0 radical (unpaired) electrons. The van der Waals surface area contributed by atoms with Crippen LogP contribution in [0.1, 0.15) is 30.9 Å². The molecule has 0 spiro atoms. The molecule has 2 rings (SSSR count). The first kappa shape index (κ1) is 20.6. The van der Waals surface area contributed by atoms with E-state index in [4.69, 9.17) is 9.47 Å². The molecule has 5 heteroatoms. The summed E-state index contributed by atoms with van der Waals surface area (Å²) in [7, 11) is 1.89. The van der Waals surface area contributed by atoms with Crippen molar-refractivity contribution in [3.63, 3.8) is 0 Å². The summed E-state index contributed by atoms with van der Waals surface area (Å²) in [6.45, 7) is 4.14. The molecule has 144 valence electrons. The van der Waals surface area contributed by atoms with Crippen LogP contribution in [0.4, 0.5) is 0 Å². The Morgan fingerprint density at radius 1 is 0.963 bits per heavy atom. The van der Waals surface area contributed by atoms with Gasteiger partial charge in [0.1, 0.15) is 12.6 Å².